The average Bonchev–Trinajstić information content (AvgIpc) is 2.65. The number of aromatic nitrogens is 2. The van der Waals surface area contributed by atoms with E-state index >= 15 is 0 Å². The molecule has 1 aliphatic heterocycles. The van der Waals surface area contributed by atoms with Gasteiger partial charge in [-0.15, -0.1) is 0 Å². The van der Waals surface area contributed by atoms with E-state index in [1.165, 1.54) is 12.4 Å². The predicted molar refractivity (Wildman–Crippen MR) is 96.8 cm³/mol. The Hall–Kier alpha value is -3.76. The van der Waals surface area contributed by atoms with Crippen molar-refractivity contribution in [1.82, 2.24) is 15.3 Å². The van der Waals surface area contributed by atoms with Gasteiger partial charge < -0.3 is 4.90 Å². The van der Waals surface area contributed by atoms with Gasteiger partial charge in [0.1, 0.15) is 5.57 Å². The first kappa shape index (κ1) is 20.0. The van der Waals surface area contributed by atoms with E-state index in [1.54, 1.807) is 19.0 Å². The normalized spacial score (nSPS) is 16.2. The number of amides is 4. The lowest BCUT2D eigenvalue weighted by Gasteiger charge is -2.26. The number of imide groups is 2. The van der Waals surface area contributed by atoms with E-state index in [0.717, 1.165) is 24.3 Å². The molecule has 1 fully saturated rings. The Morgan fingerprint density at radius 2 is 1.76 bits per heavy atom. The van der Waals surface area contributed by atoms with E-state index in [-0.39, 0.29) is 5.69 Å². The Kier molecular flexibility index (Phi) is 5.06. The quantitative estimate of drug-likeness (QED) is 0.622. The molecule has 2 aromatic rings. The monoisotopic (exact) mass is 405 g/mol. The highest BCUT2D eigenvalue weighted by atomic mass is 19.4. The van der Waals surface area contributed by atoms with Gasteiger partial charge in [0, 0.05) is 32.1 Å². The molecule has 0 unspecified atom stereocenters. The number of carbonyl (C=O) groups excluding carboxylic acids is 3. The molecule has 0 atom stereocenters. The number of nitrogens with zero attached hydrogens (tertiary/aromatic N) is 4. The number of halogens is 3. The van der Waals surface area contributed by atoms with Gasteiger partial charge in [-0.3, -0.25) is 14.9 Å². The minimum Gasteiger partial charge on any atom is -0.347 e. The molecule has 11 heteroatoms. The van der Waals surface area contributed by atoms with Crippen molar-refractivity contribution in [3.05, 3.63) is 53.4 Å². The summed E-state index contributed by atoms with van der Waals surface area (Å²) in [6.07, 6.45) is -0.780. The number of rotatable bonds is 3. The highest BCUT2D eigenvalue weighted by Gasteiger charge is 2.38. The largest absolute Gasteiger partial charge is 0.416 e. The van der Waals surface area contributed by atoms with Gasteiger partial charge in [0.25, 0.3) is 11.8 Å². The maximum atomic E-state index is 13.0. The summed E-state index contributed by atoms with van der Waals surface area (Å²) >= 11 is 0. The Labute approximate surface area is 162 Å². The molecular formula is C18H14F3N5O3. The molecule has 0 spiro atoms. The van der Waals surface area contributed by atoms with Crippen molar-refractivity contribution in [2.75, 3.05) is 23.9 Å². The van der Waals surface area contributed by atoms with Crippen LogP contribution in [0, 0.1) is 0 Å². The van der Waals surface area contributed by atoms with Crippen LogP contribution in [0.2, 0.25) is 0 Å². The van der Waals surface area contributed by atoms with Crippen molar-refractivity contribution in [2.24, 2.45) is 0 Å². The molecule has 1 aromatic heterocycles. The van der Waals surface area contributed by atoms with E-state index in [0.29, 0.717) is 22.5 Å². The van der Waals surface area contributed by atoms with Crippen LogP contribution in [-0.2, 0) is 15.8 Å². The lowest BCUT2D eigenvalue weighted by Crippen LogP contribution is -2.54. The molecule has 1 N–H and O–H groups in total. The Morgan fingerprint density at radius 3 is 2.34 bits per heavy atom. The third-order valence-corrected chi connectivity index (χ3v) is 3.90. The number of nitrogens with one attached hydrogen (secondary N) is 1. The molecular weight excluding hydrogens is 391 g/mol. The molecule has 1 aromatic carbocycles. The Morgan fingerprint density at radius 1 is 1.10 bits per heavy atom. The van der Waals surface area contributed by atoms with Crippen LogP contribution in [0.25, 0.3) is 6.08 Å². The van der Waals surface area contributed by atoms with Crippen LogP contribution in [-0.4, -0.2) is 41.9 Å². The van der Waals surface area contributed by atoms with E-state index in [9.17, 15) is 27.6 Å². The zero-order chi connectivity index (χ0) is 21.3. The SMILES string of the molecule is CN(C)c1ncc(C=C2C(=O)NC(=O)N(c3cccc(C(F)(F)F)c3)C2=O)cn1. The standard InChI is InChI=1S/C18H14F3N5O3/c1-25(2)16-22-8-10(9-23-16)6-13-14(27)24-17(29)26(15(13)28)12-5-3-4-11(7-12)18(19,20)21/h3-9H,1-2H3,(H,24,27,29). The number of urea groups is 1. The van der Waals surface area contributed by atoms with Gasteiger partial charge in [-0.25, -0.2) is 19.7 Å². The van der Waals surface area contributed by atoms with Gasteiger partial charge in [-0.2, -0.15) is 13.2 Å². The summed E-state index contributed by atoms with van der Waals surface area (Å²) in [5.41, 5.74) is -1.50. The molecule has 1 saturated heterocycles. The van der Waals surface area contributed by atoms with E-state index in [1.807, 2.05) is 5.32 Å². The van der Waals surface area contributed by atoms with Crippen molar-refractivity contribution < 1.29 is 27.6 Å². The number of alkyl halides is 3. The van der Waals surface area contributed by atoms with Gasteiger partial charge in [0.05, 0.1) is 11.3 Å². The molecule has 8 nitrogen and oxygen atoms in total. The molecule has 1 aliphatic rings. The van der Waals surface area contributed by atoms with Gasteiger partial charge in [0.15, 0.2) is 0 Å². The third-order valence-electron chi connectivity index (χ3n) is 3.90. The minimum atomic E-state index is -4.66. The minimum absolute atomic E-state index is 0.299. The van der Waals surface area contributed by atoms with Gasteiger partial charge in [-0.1, -0.05) is 6.07 Å². The average molecular weight is 405 g/mol. The molecule has 3 rings (SSSR count). The first-order chi connectivity index (χ1) is 13.6. The Bertz CT molecular complexity index is 1020. The molecule has 0 aliphatic carbocycles. The van der Waals surface area contributed by atoms with Crippen LogP contribution >= 0.6 is 0 Å². The number of hydrogen-bond acceptors (Lipinski definition) is 6. The van der Waals surface area contributed by atoms with E-state index < -0.39 is 35.2 Å². The van der Waals surface area contributed by atoms with Crippen LogP contribution in [0.3, 0.4) is 0 Å². The van der Waals surface area contributed by atoms with Crippen molar-refractivity contribution in [3.63, 3.8) is 0 Å². The third kappa shape index (κ3) is 4.08. The zero-order valence-corrected chi connectivity index (χ0v) is 15.2. The second kappa shape index (κ2) is 7.34. The summed E-state index contributed by atoms with van der Waals surface area (Å²) < 4.78 is 38.9. The first-order valence-electron chi connectivity index (χ1n) is 8.16. The molecule has 0 bridgehead atoms. The summed E-state index contributed by atoms with van der Waals surface area (Å²) in [5.74, 6) is -1.64. The molecule has 0 saturated carbocycles. The maximum absolute atomic E-state index is 13.0. The van der Waals surface area contributed by atoms with Crippen LogP contribution in [0.15, 0.2) is 42.2 Å². The predicted octanol–water partition coefficient (Wildman–Crippen LogP) is 2.23. The second-order valence-electron chi connectivity index (χ2n) is 6.22. The van der Waals surface area contributed by atoms with Crippen LogP contribution in [0.5, 0.6) is 0 Å². The second-order valence-corrected chi connectivity index (χ2v) is 6.22. The van der Waals surface area contributed by atoms with Crippen LogP contribution < -0.4 is 15.1 Å². The number of benzene rings is 1. The lowest BCUT2D eigenvalue weighted by atomic mass is 10.1. The van der Waals surface area contributed by atoms with Crippen molar-refractivity contribution in [2.45, 2.75) is 6.18 Å². The number of barbiturate groups is 1. The molecule has 29 heavy (non-hydrogen) atoms. The highest BCUT2D eigenvalue weighted by Crippen LogP contribution is 2.32. The van der Waals surface area contributed by atoms with Gasteiger partial charge in [-0.05, 0) is 24.3 Å². The lowest BCUT2D eigenvalue weighted by molar-refractivity contribution is -0.137. The van der Waals surface area contributed by atoms with E-state index in [4.69, 9.17) is 0 Å². The molecule has 0 radical (unpaired) electrons. The number of carbonyl (C=O) groups is 3. The van der Waals surface area contributed by atoms with Gasteiger partial charge in [0.2, 0.25) is 5.95 Å². The van der Waals surface area contributed by atoms with Crippen LogP contribution in [0.1, 0.15) is 11.1 Å². The van der Waals surface area contributed by atoms with E-state index in [2.05, 4.69) is 9.97 Å². The summed E-state index contributed by atoms with van der Waals surface area (Å²) in [6, 6.07) is 2.54. The summed E-state index contributed by atoms with van der Waals surface area (Å²) in [7, 11) is 3.45. The summed E-state index contributed by atoms with van der Waals surface area (Å²) in [4.78, 5) is 47.2. The highest BCUT2D eigenvalue weighted by molar-refractivity contribution is 6.39. The molecule has 2 heterocycles. The van der Waals surface area contributed by atoms with Gasteiger partial charge >= 0.3 is 12.2 Å². The van der Waals surface area contributed by atoms with Crippen molar-refractivity contribution in [1.29, 1.82) is 0 Å². The van der Waals surface area contributed by atoms with Crippen molar-refractivity contribution >= 4 is 35.6 Å². The first-order valence-corrected chi connectivity index (χ1v) is 8.16. The Balaban J connectivity index is 1.98. The smallest absolute Gasteiger partial charge is 0.347 e. The number of hydrogen-bond donors (Lipinski definition) is 1. The maximum Gasteiger partial charge on any atom is 0.416 e. The fourth-order valence-electron chi connectivity index (χ4n) is 2.52. The summed E-state index contributed by atoms with van der Waals surface area (Å²) in [5, 5.41) is 1.95. The van der Waals surface area contributed by atoms with Crippen LogP contribution in [0.4, 0.5) is 29.6 Å². The molecule has 150 valence electrons. The fraction of sp³-hybridized carbons (Fsp3) is 0.167. The zero-order valence-electron chi connectivity index (χ0n) is 15.2. The molecule has 4 amide bonds. The summed E-state index contributed by atoms with van der Waals surface area (Å²) in [6.45, 7) is 0. The topological polar surface area (TPSA) is 95.5 Å². The fourth-order valence-corrected chi connectivity index (χ4v) is 2.52. The van der Waals surface area contributed by atoms with Crippen molar-refractivity contribution in [3.8, 4) is 0 Å². The number of anilines is 2.